The summed E-state index contributed by atoms with van der Waals surface area (Å²) in [5, 5.41) is 18.1. The van der Waals surface area contributed by atoms with E-state index in [2.05, 4.69) is 41.3 Å². The van der Waals surface area contributed by atoms with Gasteiger partial charge in [-0.2, -0.15) is 13.8 Å². The molecule has 0 spiro atoms. The largest absolute Gasteiger partial charge is 0.492 e. The molecule has 15 heteroatoms. The molecule has 13 nitrogen and oxygen atoms in total. The molecule has 0 saturated carbocycles. The predicted molar refractivity (Wildman–Crippen MR) is 178 cm³/mol. The number of likely N-dealkylation sites (N-methyl/N-ethyl adjacent to an activating group) is 1. The molecule has 3 aromatic rings. The number of benzene rings is 2. The SMILES string of the molecule is CC(=O)Oc1cc(C(C)C)c(OCCN(C)C)cc1C.NNCCc1ccccc1.Nc1ccn([C@@H]2O[C@H](CO)[C@@H](O)C2(F)F)c(=O)n1. The second-order valence-electron chi connectivity index (χ2n) is 11.6. The molecule has 1 aliphatic heterocycles. The Morgan fingerprint density at radius 1 is 1.19 bits per heavy atom. The Kier molecular flexibility index (Phi) is 16.0. The van der Waals surface area contributed by atoms with Crippen LogP contribution in [0, 0.1) is 6.92 Å². The Hall–Kier alpha value is -3.99. The molecule has 7 N–H and O–H groups in total. The van der Waals surface area contributed by atoms with Crippen molar-refractivity contribution in [2.75, 3.05) is 46.1 Å². The van der Waals surface area contributed by atoms with Gasteiger partial charge in [-0.15, -0.1) is 0 Å². The van der Waals surface area contributed by atoms with Crippen molar-refractivity contribution in [2.24, 2.45) is 5.84 Å². The quantitative estimate of drug-likeness (QED) is 0.0864. The molecule has 0 unspecified atom stereocenters. The van der Waals surface area contributed by atoms with Crippen LogP contribution in [0.5, 0.6) is 11.5 Å². The van der Waals surface area contributed by atoms with E-state index >= 15 is 0 Å². The molecule has 3 atom stereocenters. The van der Waals surface area contributed by atoms with Crippen LogP contribution in [-0.2, 0) is 16.0 Å². The number of nitrogens with one attached hydrogen (secondary N) is 1. The van der Waals surface area contributed by atoms with Gasteiger partial charge in [0.1, 0.15) is 30.0 Å². The number of aromatic nitrogens is 2. The number of carbonyl (C=O) groups is 1. The summed E-state index contributed by atoms with van der Waals surface area (Å²) in [6.45, 7) is 9.08. The molecule has 0 bridgehead atoms. The predicted octanol–water partition coefficient (Wildman–Crippen LogP) is 2.39. The molecule has 1 saturated heterocycles. The minimum absolute atomic E-state index is 0.114. The fourth-order valence-corrected chi connectivity index (χ4v) is 4.44. The fraction of sp³-hybridized carbons (Fsp3) is 0.485. The van der Waals surface area contributed by atoms with E-state index in [0.29, 0.717) is 22.8 Å². The number of nitrogens with zero attached hydrogens (tertiary/aromatic N) is 3. The highest BCUT2D eigenvalue weighted by atomic mass is 19.3. The smallest absolute Gasteiger partial charge is 0.351 e. The lowest BCUT2D eigenvalue weighted by Crippen LogP contribution is -2.41. The van der Waals surface area contributed by atoms with Crippen LogP contribution in [0.2, 0.25) is 0 Å². The lowest BCUT2D eigenvalue weighted by Gasteiger charge is -2.20. The first-order valence-electron chi connectivity index (χ1n) is 15.4. The highest BCUT2D eigenvalue weighted by molar-refractivity contribution is 5.70. The Morgan fingerprint density at radius 3 is 2.38 bits per heavy atom. The van der Waals surface area contributed by atoms with Crippen LogP contribution < -0.4 is 32.2 Å². The third-order valence-corrected chi connectivity index (χ3v) is 7.04. The monoisotopic (exact) mass is 678 g/mol. The number of aliphatic hydroxyl groups is 2. The Labute approximate surface area is 279 Å². The number of rotatable bonds is 11. The van der Waals surface area contributed by atoms with Gasteiger partial charge < -0.3 is 35.1 Å². The average molecular weight is 679 g/mol. The van der Waals surface area contributed by atoms with E-state index in [-0.39, 0.29) is 11.8 Å². The molecule has 0 aliphatic carbocycles. The van der Waals surface area contributed by atoms with Crippen molar-refractivity contribution in [1.82, 2.24) is 19.9 Å². The molecular formula is C33H48F2N6O7. The normalized spacial score (nSPS) is 18.1. The maximum Gasteiger partial charge on any atom is 0.351 e. The molecule has 0 amide bonds. The zero-order valence-corrected chi connectivity index (χ0v) is 28.2. The van der Waals surface area contributed by atoms with E-state index in [4.69, 9.17) is 30.9 Å². The van der Waals surface area contributed by atoms with Crippen molar-refractivity contribution in [2.45, 2.75) is 64.4 Å². The topological polar surface area (TPSA) is 187 Å². The summed E-state index contributed by atoms with van der Waals surface area (Å²) in [5.41, 5.74) is 10.1. The van der Waals surface area contributed by atoms with Gasteiger partial charge in [0.05, 0.1) is 6.61 Å². The number of nitrogens with two attached hydrogens (primary N) is 2. The number of carbonyl (C=O) groups excluding carboxylic acids is 1. The van der Waals surface area contributed by atoms with Gasteiger partial charge in [-0.05, 0) is 62.7 Å². The molecule has 266 valence electrons. The van der Waals surface area contributed by atoms with Crippen molar-refractivity contribution < 1.29 is 38.0 Å². The minimum Gasteiger partial charge on any atom is -0.492 e. The maximum absolute atomic E-state index is 13.7. The lowest BCUT2D eigenvalue weighted by molar-refractivity contribution is -0.140. The van der Waals surface area contributed by atoms with Gasteiger partial charge in [0.15, 0.2) is 6.10 Å². The van der Waals surface area contributed by atoms with Crippen LogP contribution in [-0.4, -0.2) is 89.2 Å². The van der Waals surface area contributed by atoms with Gasteiger partial charge in [-0.25, -0.2) is 4.79 Å². The number of aliphatic hydroxyl groups excluding tert-OH is 2. The van der Waals surface area contributed by atoms with Crippen LogP contribution in [0.25, 0.3) is 0 Å². The van der Waals surface area contributed by atoms with Gasteiger partial charge in [-0.1, -0.05) is 44.2 Å². The first kappa shape index (κ1) is 40.2. The second kappa shape index (κ2) is 19.1. The summed E-state index contributed by atoms with van der Waals surface area (Å²) in [5.74, 6) is 2.78. The molecule has 0 radical (unpaired) electrons. The van der Waals surface area contributed by atoms with Crippen molar-refractivity contribution >= 4 is 11.8 Å². The molecule has 2 heterocycles. The van der Waals surface area contributed by atoms with Gasteiger partial charge >= 0.3 is 17.6 Å². The molecule has 48 heavy (non-hydrogen) atoms. The minimum atomic E-state index is -3.71. The van der Waals surface area contributed by atoms with Crippen LogP contribution in [0.4, 0.5) is 14.6 Å². The molecule has 1 aromatic heterocycles. The second-order valence-corrected chi connectivity index (χ2v) is 11.6. The molecule has 1 aliphatic rings. The third kappa shape index (κ3) is 11.9. The summed E-state index contributed by atoms with van der Waals surface area (Å²) in [6.07, 6.45) is -3.69. The molecule has 1 fully saturated rings. The van der Waals surface area contributed by atoms with Crippen molar-refractivity contribution in [3.8, 4) is 11.5 Å². The highest BCUT2D eigenvalue weighted by Crippen LogP contribution is 2.42. The number of anilines is 1. The van der Waals surface area contributed by atoms with E-state index < -0.39 is 36.7 Å². The van der Waals surface area contributed by atoms with E-state index in [0.717, 1.165) is 48.6 Å². The van der Waals surface area contributed by atoms with E-state index in [1.54, 1.807) is 0 Å². The Bertz CT molecular complexity index is 1490. The average Bonchev–Trinajstić information content (AvgIpc) is 3.25. The number of ether oxygens (including phenoxy) is 3. The van der Waals surface area contributed by atoms with Crippen molar-refractivity contribution in [1.29, 1.82) is 0 Å². The molecule has 2 aromatic carbocycles. The van der Waals surface area contributed by atoms with Gasteiger partial charge in [0.25, 0.3) is 0 Å². The number of nitrogen functional groups attached to an aromatic ring is 1. The van der Waals surface area contributed by atoms with Crippen LogP contribution in [0.15, 0.2) is 59.5 Å². The standard InChI is InChI=1S/C16H25NO3.C9H11F2N3O4.C8H12N2/c1-11(2)14-10-15(20-13(4)18)12(3)9-16(14)19-8-7-17(5)6;10-9(11)6(16)4(3-15)18-7(9)14-2-1-5(12)13-8(14)17;9-10-7-6-8-4-2-1-3-5-8/h9-11H,7-8H2,1-6H3;1-2,4,6-7,15-16H,3H2,(H2,12,13,17);1-5,10H,6-7,9H2/t;4-,6-,7-;/m.1./s1. The molecular weight excluding hydrogens is 630 g/mol. The van der Waals surface area contributed by atoms with E-state index in [1.165, 1.54) is 12.5 Å². The summed E-state index contributed by atoms with van der Waals surface area (Å²) >= 11 is 0. The fourth-order valence-electron chi connectivity index (χ4n) is 4.44. The van der Waals surface area contributed by atoms with Gasteiger partial charge in [0, 0.05) is 31.8 Å². The number of alkyl halides is 2. The van der Waals surface area contributed by atoms with Crippen LogP contribution in [0.3, 0.4) is 0 Å². The van der Waals surface area contributed by atoms with Crippen LogP contribution in [0.1, 0.15) is 49.6 Å². The first-order chi connectivity index (χ1) is 22.6. The van der Waals surface area contributed by atoms with Gasteiger partial charge in [0.2, 0.25) is 6.23 Å². The summed E-state index contributed by atoms with van der Waals surface area (Å²) in [4.78, 5) is 27.9. The van der Waals surface area contributed by atoms with Crippen LogP contribution >= 0.6 is 0 Å². The number of aryl methyl sites for hydroxylation is 1. The number of esters is 1. The van der Waals surface area contributed by atoms with Crippen molar-refractivity contribution in [3.63, 3.8) is 0 Å². The maximum atomic E-state index is 13.7. The number of hydrazine groups is 1. The number of hydrogen-bond acceptors (Lipinski definition) is 12. The number of halogens is 2. The number of hydrogen-bond donors (Lipinski definition) is 5. The Morgan fingerprint density at radius 2 is 1.85 bits per heavy atom. The highest BCUT2D eigenvalue weighted by Gasteiger charge is 2.59. The first-order valence-corrected chi connectivity index (χ1v) is 15.4. The zero-order valence-electron chi connectivity index (χ0n) is 28.2. The van der Waals surface area contributed by atoms with Crippen molar-refractivity contribution in [3.05, 3.63) is 81.9 Å². The van der Waals surface area contributed by atoms with E-state index in [1.807, 2.05) is 51.4 Å². The summed E-state index contributed by atoms with van der Waals surface area (Å²) in [7, 11) is 4.03. The van der Waals surface area contributed by atoms with E-state index in [9.17, 15) is 23.5 Å². The zero-order chi connectivity index (χ0) is 36.0. The summed E-state index contributed by atoms with van der Waals surface area (Å²) < 4.78 is 43.8. The lowest BCUT2D eigenvalue weighted by atomic mass is 10.00. The molecule has 4 rings (SSSR count). The third-order valence-electron chi connectivity index (χ3n) is 7.04. The summed E-state index contributed by atoms with van der Waals surface area (Å²) in [6, 6.07) is 15.3. The van der Waals surface area contributed by atoms with Gasteiger partial charge in [-0.3, -0.25) is 20.6 Å². The Balaban J connectivity index is 0.000000263.